The molecule has 1 aromatic carbocycles. The third-order valence-corrected chi connectivity index (χ3v) is 3.33. The van der Waals surface area contributed by atoms with Gasteiger partial charge < -0.3 is 4.74 Å². The lowest BCUT2D eigenvalue weighted by molar-refractivity contribution is 0.103. The summed E-state index contributed by atoms with van der Waals surface area (Å²) in [6.07, 6.45) is 4.74. The van der Waals surface area contributed by atoms with Crippen molar-refractivity contribution in [2.45, 2.75) is 52.1 Å². The quantitative estimate of drug-likeness (QED) is 0.726. The van der Waals surface area contributed by atoms with Crippen LogP contribution in [0.2, 0.25) is 0 Å². The molecule has 0 amide bonds. The molecule has 1 aliphatic rings. The van der Waals surface area contributed by atoms with Crippen LogP contribution < -0.4 is 4.74 Å². The molecular weight excluding hydrogens is 184 g/mol. The molecule has 1 aromatic rings. The smallest absolute Gasteiger partial charge is 0.123 e. The van der Waals surface area contributed by atoms with Gasteiger partial charge in [-0.05, 0) is 38.3 Å². The molecule has 0 spiro atoms. The summed E-state index contributed by atoms with van der Waals surface area (Å²) in [7, 11) is 0. The van der Waals surface area contributed by atoms with Crippen LogP contribution in [0.1, 0.15) is 44.2 Å². The van der Waals surface area contributed by atoms with Crippen LogP contribution >= 0.6 is 0 Å². The van der Waals surface area contributed by atoms with Gasteiger partial charge in [-0.25, -0.2) is 0 Å². The Labute approximate surface area is 92.5 Å². The zero-order chi connectivity index (χ0) is 10.9. The first-order valence-electron chi connectivity index (χ1n) is 5.92. The third kappa shape index (κ3) is 2.01. The molecule has 2 rings (SSSR count). The maximum Gasteiger partial charge on any atom is 0.123 e. The summed E-state index contributed by atoms with van der Waals surface area (Å²) in [5, 5.41) is 0. The van der Waals surface area contributed by atoms with Gasteiger partial charge in [0.15, 0.2) is 0 Å². The summed E-state index contributed by atoms with van der Waals surface area (Å²) >= 11 is 0. The summed E-state index contributed by atoms with van der Waals surface area (Å²) < 4.78 is 6.08. The minimum absolute atomic E-state index is 0.0461. The van der Waals surface area contributed by atoms with Crippen molar-refractivity contribution in [1.29, 1.82) is 0 Å². The van der Waals surface area contributed by atoms with Crippen LogP contribution in [0.15, 0.2) is 18.2 Å². The van der Waals surface area contributed by atoms with Gasteiger partial charge in [0.25, 0.3) is 0 Å². The van der Waals surface area contributed by atoms with E-state index in [4.69, 9.17) is 4.74 Å². The van der Waals surface area contributed by atoms with E-state index in [1.54, 1.807) is 0 Å². The van der Waals surface area contributed by atoms with E-state index in [9.17, 15) is 0 Å². The van der Waals surface area contributed by atoms with Crippen molar-refractivity contribution < 1.29 is 4.74 Å². The molecule has 0 aliphatic carbocycles. The Morgan fingerprint density at radius 3 is 2.87 bits per heavy atom. The van der Waals surface area contributed by atoms with Crippen LogP contribution in [-0.4, -0.2) is 5.60 Å². The van der Waals surface area contributed by atoms with Gasteiger partial charge >= 0.3 is 0 Å². The van der Waals surface area contributed by atoms with Crippen LogP contribution in [-0.2, 0) is 6.42 Å². The Morgan fingerprint density at radius 1 is 1.40 bits per heavy atom. The van der Waals surface area contributed by atoms with Crippen molar-refractivity contribution in [2.75, 3.05) is 0 Å². The fourth-order valence-electron chi connectivity index (χ4n) is 2.36. The molecule has 1 aliphatic heterocycles. The minimum atomic E-state index is 0.0461. The molecule has 0 N–H and O–H groups in total. The van der Waals surface area contributed by atoms with Crippen LogP contribution in [0.5, 0.6) is 5.75 Å². The highest BCUT2D eigenvalue weighted by Crippen LogP contribution is 2.39. The van der Waals surface area contributed by atoms with Gasteiger partial charge in [0.05, 0.1) is 0 Å². The van der Waals surface area contributed by atoms with Crippen molar-refractivity contribution in [1.82, 2.24) is 0 Å². The van der Waals surface area contributed by atoms with Gasteiger partial charge in [0, 0.05) is 12.0 Å². The Bertz CT molecular complexity index is 356. The fourth-order valence-corrected chi connectivity index (χ4v) is 2.36. The molecule has 0 saturated heterocycles. The second-order valence-electron chi connectivity index (χ2n) is 4.88. The Morgan fingerprint density at radius 2 is 2.20 bits per heavy atom. The number of hydrogen-bond acceptors (Lipinski definition) is 1. The molecule has 0 aromatic heterocycles. The van der Waals surface area contributed by atoms with Crippen molar-refractivity contribution in [3.63, 3.8) is 0 Å². The zero-order valence-electron chi connectivity index (χ0n) is 9.97. The van der Waals surface area contributed by atoms with E-state index < -0.39 is 0 Å². The third-order valence-electron chi connectivity index (χ3n) is 3.33. The van der Waals surface area contributed by atoms with Crippen molar-refractivity contribution in [3.05, 3.63) is 29.3 Å². The summed E-state index contributed by atoms with van der Waals surface area (Å²) in [6.45, 7) is 6.65. The largest absolute Gasteiger partial charge is 0.487 e. The molecule has 1 unspecified atom stereocenters. The number of unbranched alkanes of at least 4 members (excludes halogenated alkanes) is 1. The Hall–Kier alpha value is -0.980. The van der Waals surface area contributed by atoms with Crippen LogP contribution in [0.25, 0.3) is 0 Å². The van der Waals surface area contributed by atoms with E-state index in [1.165, 1.54) is 24.0 Å². The number of fused-ring (bicyclic) bond motifs is 1. The fraction of sp³-hybridized carbons (Fsp3) is 0.571. The molecule has 1 atom stereocenters. The normalized spacial score (nSPS) is 23.7. The van der Waals surface area contributed by atoms with Crippen molar-refractivity contribution in [3.8, 4) is 5.75 Å². The summed E-state index contributed by atoms with van der Waals surface area (Å²) in [5.74, 6) is 1.11. The minimum Gasteiger partial charge on any atom is -0.487 e. The molecular formula is C14H20O. The highest BCUT2D eigenvalue weighted by molar-refractivity contribution is 5.44. The average Bonchev–Trinajstić information content (AvgIpc) is 2.54. The first kappa shape index (κ1) is 10.5. The first-order valence-corrected chi connectivity index (χ1v) is 5.92. The Kier molecular flexibility index (Phi) is 2.72. The van der Waals surface area contributed by atoms with E-state index in [-0.39, 0.29) is 5.60 Å². The van der Waals surface area contributed by atoms with E-state index >= 15 is 0 Å². The van der Waals surface area contributed by atoms with Gasteiger partial charge in [-0.2, -0.15) is 0 Å². The lowest BCUT2D eigenvalue weighted by atomic mass is 9.92. The standard InChI is InChI=1S/C14H20O/c1-4-5-9-14(3)10-12-11(2)7-6-8-13(12)15-14/h6-8H,4-5,9-10H2,1-3H3. The average molecular weight is 204 g/mol. The molecule has 0 saturated carbocycles. The van der Waals surface area contributed by atoms with Gasteiger partial charge in [-0.15, -0.1) is 0 Å². The topological polar surface area (TPSA) is 9.23 Å². The van der Waals surface area contributed by atoms with Crippen LogP contribution in [0.4, 0.5) is 0 Å². The maximum absolute atomic E-state index is 6.08. The van der Waals surface area contributed by atoms with E-state index in [0.29, 0.717) is 0 Å². The zero-order valence-corrected chi connectivity index (χ0v) is 9.97. The summed E-state index contributed by atoms with van der Waals surface area (Å²) in [5.41, 5.74) is 2.83. The monoisotopic (exact) mass is 204 g/mol. The lowest BCUT2D eigenvalue weighted by Crippen LogP contribution is -2.29. The van der Waals surface area contributed by atoms with Gasteiger partial charge in [-0.1, -0.05) is 25.5 Å². The molecule has 1 heterocycles. The second-order valence-corrected chi connectivity index (χ2v) is 4.88. The van der Waals surface area contributed by atoms with Gasteiger partial charge in [0.2, 0.25) is 0 Å². The summed E-state index contributed by atoms with van der Waals surface area (Å²) in [6, 6.07) is 6.35. The highest BCUT2D eigenvalue weighted by Gasteiger charge is 2.34. The molecule has 0 bridgehead atoms. The molecule has 0 radical (unpaired) electrons. The second kappa shape index (κ2) is 3.88. The van der Waals surface area contributed by atoms with Crippen LogP contribution in [0.3, 0.4) is 0 Å². The number of rotatable bonds is 3. The first-order chi connectivity index (χ1) is 7.14. The number of aryl methyl sites for hydroxylation is 1. The van der Waals surface area contributed by atoms with Gasteiger partial charge in [0.1, 0.15) is 11.4 Å². The number of benzene rings is 1. The SMILES string of the molecule is CCCCC1(C)Cc2c(C)cccc2O1. The summed E-state index contributed by atoms with van der Waals surface area (Å²) in [4.78, 5) is 0. The molecule has 82 valence electrons. The van der Waals surface area contributed by atoms with Crippen molar-refractivity contribution >= 4 is 0 Å². The van der Waals surface area contributed by atoms with Gasteiger partial charge in [-0.3, -0.25) is 0 Å². The van der Waals surface area contributed by atoms with E-state index in [1.807, 2.05) is 0 Å². The molecule has 0 fully saturated rings. The predicted octanol–water partition coefficient (Wildman–Crippen LogP) is 3.88. The lowest BCUT2D eigenvalue weighted by Gasteiger charge is -2.23. The van der Waals surface area contributed by atoms with Crippen molar-refractivity contribution in [2.24, 2.45) is 0 Å². The predicted molar refractivity (Wildman–Crippen MR) is 63.4 cm³/mol. The molecule has 15 heavy (non-hydrogen) atoms. The molecule has 1 nitrogen and oxygen atoms in total. The molecule has 1 heteroatoms. The number of hydrogen-bond donors (Lipinski definition) is 0. The van der Waals surface area contributed by atoms with Crippen LogP contribution in [0, 0.1) is 6.92 Å². The van der Waals surface area contributed by atoms with E-state index in [2.05, 4.69) is 39.0 Å². The Balaban J connectivity index is 2.17. The highest BCUT2D eigenvalue weighted by atomic mass is 16.5. The number of ether oxygens (including phenoxy) is 1. The van der Waals surface area contributed by atoms with E-state index in [0.717, 1.165) is 18.6 Å². The maximum atomic E-state index is 6.08.